The maximum Gasteiger partial charge on any atom is 0.322 e. The summed E-state index contributed by atoms with van der Waals surface area (Å²) in [6, 6.07) is 7.33. The largest absolute Gasteiger partial charge is 0.480 e. The zero-order valence-electron chi connectivity index (χ0n) is 11.6. The Hall–Kier alpha value is -1.83. The second kappa shape index (κ2) is 8.14. The first kappa shape index (κ1) is 17.5. The summed E-state index contributed by atoms with van der Waals surface area (Å²) in [6.45, 7) is -0.508. The van der Waals surface area contributed by atoms with Crippen LogP contribution in [0.25, 0.3) is 0 Å². The van der Waals surface area contributed by atoms with Gasteiger partial charge in [0.2, 0.25) is 0 Å². The molecular weight excluding hydrogens is 361 g/mol. The number of halogens is 2. The number of carboxylic acids is 1. The van der Waals surface area contributed by atoms with Gasteiger partial charge in [0.25, 0.3) is 5.91 Å². The minimum atomic E-state index is -1.15. The summed E-state index contributed by atoms with van der Waals surface area (Å²) in [5.41, 5.74) is 0.969. The summed E-state index contributed by atoms with van der Waals surface area (Å²) in [4.78, 5) is 30.5. The summed E-state index contributed by atoms with van der Waals surface area (Å²) in [6.07, 6.45) is 1.31. The number of thioether (sulfide) groups is 1. The molecule has 0 aliphatic heterocycles. The van der Waals surface area contributed by atoms with Crippen LogP contribution in [0.4, 0.5) is 0 Å². The van der Waals surface area contributed by atoms with Gasteiger partial charge in [-0.1, -0.05) is 47.1 Å². The van der Waals surface area contributed by atoms with Crippen molar-refractivity contribution in [3.8, 4) is 0 Å². The summed E-state index contributed by atoms with van der Waals surface area (Å²) < 4.78 is 0. The van der Waals surface area contributed by atoms with Gasteiger partial charge in [0.15, 0.2) is 10.9 Å². The molecule has 0 unspecified atom stereocenters. The van der Waals surface area contributed by atoms with Crippen molar-refractivity contribution in [2.45, 2.75) is 10.9 Å². The van der Waals surface area contributed by atoms with Crippen LogP contribution in [-0.2, 0) is 10.5 Å². The molecule has 0 saturated heterocycles. The lowest BCUT2D eigenvalue weighted by Crippen LogP contribution is -2.30. The molecule has 0 radical (unpaired) electrons. The first-order valence-electron chi connectivity index (χ1n) is 6.35. The number of amides is 1. The highest BCUT2D eigenvalue weighted by atomic mass is 35.5. The van der Waals surface area contributed by atoms with Crippen LogP contribution in [0.5, 0.6) is 0 Å². The monoisotopic (exact) mass is 371 g/mol. The van der Waals surface area contributed by atoms with Crippen LogP contribution in [0, 0.1) is 0 Å². The normalized spacial score (nSPS) is 10.3. The SMILES string of the molecule is O=C(O)CNC(=O)c1nc(SCc2ccc(Cl)cc2)ncc1Cl. The predicted octanol–water partition coefficient (Wildman–Crippen LogP) is 2.89. The van der Waals surface area contributed by atoms with Crippen molar-refractivity contribution >= 4 is 46.8 Å². The number of rotatable bonds is 6. The fourth-order valence-corrected chi connectivity index (χ4v) is 2.62. The Morgan fingerprint density at radius 1 is 1.22 bits per heavy atom. The van der Waals surface area contributed by atoms with Crippen molar-refractivity contribution in [3.63, 3.8) is 0 Å². The molecule has 0 bridgehead atoms. The van der Waals surface area contributed by atoms with Crippen molar-refractivity contribution in [1.82, 2.24) is 15.3 Å². The van der Waals surface area contributed by atoms with Gasteiger partial charge in [-0.25, -0.2) is 9.97 Å². The number of benzene rings is 1. The summed E-state index contributed by atoms with van der Waals surface area (Å²) in [5, 5.41) is 11.9. The lowest BCUT2D eigenvalue weighted by Gasteiger charge is -2.06. The Labute approximate surface area is 146 Å². The Kier molecular flexibility index (Phi) is 6.20. The van der Waals surface area contributed by atoms with Gasteiger partial charge < -0.3 is 10.4 Å². The molecule has 0 saturated carbocycles. The second-order valence-corrected chi connectivity index (χ2v) is 6.13. The zero-order chi connectivity index (χ0) is 16.8. The third-order valence-corrected chi connectivity index (χ3v) is 4.08. The van der Waals surface area contributed by atoms with Crippen molar-refractivity contribution < 1.29 is 14.7 Å². The highest BCUT2D eigenvalue weighted by Crippen LogP contribution is 2.22. The Balaban J connectivity index is 2.05. The molecule has 1 heterocycles. The van der Waals surface area contributed by atoms with E-state index in [-0.39, 0.29) is 10.7 Å². The molecule has 0 fully saturated rings. The summed E-state index contributed by atoms with van der Waals surface area (Å²) in [5.74, 6) is -1.22. The van der Waals surface area contributed by atoms with Crippen molar-refractivity contribution in [1.29, 1.82) is 0 Å². The lowest BCUT2D eigenvalue weighted by atomic mass is 10.2. The lowest BCUT2D eigenvalue weighted by molar-refractivity contribution is -0.135. The molecule has 6 nitrogen and oxygen atoms in total. The van der Waals surface area contributed by atoms with Crippen LogP contribution < -0.4 is 5.32 Å². The van der Waals surface area contributed by atoms with E-state index in [1.54, 1.807) is 12.1 Å². The van der Waals surface area contributed by atoms with E-state index >= 15 is 0 Å². The summed E-state index contributed by atoms with van der Waals surface area (Å²) >= 11 is 13.0. The van der Waals surface area contributed by atoms with E-state index in [0.29, 0.717) is 15.9 Å². The van der Waals surface area contributed by atoms with Crippen LogP contribution >= 0.6 is 35.0 Å². The van der Waals surface area contributed by atoms with Gasteiger partial charge in [-0.3, -0.25) is 9.59 Å². The first-order valence-corrected chi connectivity index (χ1v) is 8.09. The van der Waals surface area contributed by atoms with E-state index in [4.69, 9.17) is 28.3 Å². The molecule has 0 atom stereocenters. The van der Waals surface area contributed by atoms with E-state index in [1.807, 2.05) is 12.1 Å². The zero-order valence-corrected chi connectivity index (χ0v) is 14.0. The molecule has 2 N–H and O–H groups in total. The average molecular weight is 372 g/mol. The third-order valence-electron chi connectivity index (χ3n) is 2.62. The van der Waals surface area contributed by atoms with E-state index < -0.39 is 18.4 Å². The summed E-state index contributed by atoms with van der Waals surface area (Å²) in [7, 11) is 0. The van der Waals surface area contributed by atoms with Gasteiger partial charge in [0, 0.05) is 10.8 Å². The molecule has 1 amide bonds. The van der Waals surface area contributed by atoms with Crippen LogP contribution in [0.2, 0.25) is 10.0 Å². The molecule has 23 heavy (non-hydrogen) atoms. The molecule has 1 aromatic heterocycles. The standard InChI is InChI=1S/C14H11Cl2N3O3S/c15-9-3-1-8(2-4-9)7-23-14-18-5-10(16)12(19-14)13(22)17-6-11(20)21/h1-5H,6-7H2,(H,17,22)(H,20,21). The number of carbonyl (C=O) groups is 2. The molecule has 0 aliphatic rings. The van der Waals surface area contributed by atoms with Crippen molar-refractivity contribution in [2.24, 2.45) is 0 Å². The van der Waals surface area contributed by atoms with Crippen LogP contribution in [0.3, 0.4) is 0 Å². The van der Waals surface area contributed by atoms with Gasteiger partial charge >= 0.3 is 5.97 Å². The maximum atomic E-state index is 11.9. The molecule has 0 spiro atoms. The van der Waals surface area contributed by atoms with Gasteiger partial charge in [-0.2, -0.15) is 0 Å². The number of hydrogen-bond donors (Lipinski definition) is 2. The van der Waals surface area contributed by atoms with E-state index in [2.05, 4.69) is 15.3 Å². The Morgan fingerprint density at radius 2 is 1.91 bits per heavy atom. The smallest absolute Gasteiger partial charge is 0.322 e. The fourth-order valence-electron chi connectivity index (χ4n) is 1.55. The van der Waals surface area contributed by atoms with Crippen LogP contribution in [0.15, 0.2) is 35.6 Å². The minimum Gasteiger partial charge on any atom is -0.480 e. The van der Waals surface area contributed by atoms with Gasteiger partial charge in [0.1, 0.15) is 6.54 Å². The number of nitrogens with zero attached hydrogens (tertiary/aromatic N) is 2. The number of carbonyl (C=O) groups excluding carboxylic acids is 1. The molecule has 9 heteroatoms. The number of hydrogen-bond acceptors (Lipinski definition) is 5. The van der Waals surface area contributed by atoms with Gasteiger partial charge in [-0.15, -0.1) is 0 Å². The Bertz CT molecular complexity index is 726. The molecule has 2 rings (SSSR count). The van der Waals surface area contributed by atoms with E-state index in [1.165, 1.54) is 18.0 Å². The molecule has 120 valence electrons. The van der Waals surface area contributed by atoms with E-state index in [9.17, 15) is 9.59 Å². The van der Waals surface area contributed by atoms with Crippen molar-refractivity contribution in [2.75, 3.05) is 6.54 Å². The van der Waals surface area contributed by atoms with Crippen molar-refractivity contribution in [3.05, 3.63) is 51.8 Å². The number of nitrogens with one attached hydrogen (secondary N) is 1. The Morgan fingerprint density at radius 3 is 2.57 bits per heavy atom. The second-order valence-electron chi connectivity index (χ2n) is 4.34. The highest BCUT2D eigenvalue weighted by molar-refractivity contribution is 7.98. The molecular formula is C14H11Cl2N3O3S. The topological polar surface area (TPSA) is 92.2 Å². The average Bonchev–Trinajstić information content (AvgIpc) is 2.53. The maximum absolute atomic E-state index is 11.9. The van der Waals surface area contributed by atoms with E-state index in [0.717, 1.165) is 5.56 Å². The van der Waals surface area contributed by atoms with Gasteiger partial charge in [0.05, 0.1) is 11.2 Å². The molecule has 0 aliphatic carbocycles. The predicted molar refractivity (Wildman–Crippen MR) is 88.0 cm³/mol. The highest BCUT2D eigenvalue weighted by Gasteiger charge is 2.15. The number of aliphatic carboxylic acids is 1. The van der Waals surface area contributed by atoms with Crippen LogP contribution in [0.1, 0.15) is 16.1 Å². The first-order chi connectivity index (χ1) is 11.0. The third kappa shape index (κ3) is 5.38. The minimum absolute atomic E-state index is 0.0541. The molecule has 2 aromatic rings. The molecule has 1 aromatic carbocycles. The number of carboxylic acid groups (broad SMARTS) is 1. The van der Waals surface area contributed by atoms with Gasteiger partial charge in [-0.05, 0) is 17.7 Å². The van der Waals surface area contributed by atoms with Crippen LogP contribution in [-0.4, -0.2) is 33.5 Å². The number of aromatic nitrogens is 2. The quantitative estimate of drug-likeness (QED) is 0.599. The fraction of sp³-hybridized carbons (Fsp3) is 0.143.